The fraction of sp³-hybridized carbons (Fsp3) is 0.111. The van der Waals surface area contributed by atoms with Crippen LogP contribution in [0.4, 0.5) is 5.69 Å². The number of nitrogens with one attached hydrogen (secondary N) is 1. The molecule has 3 N–H and O–H groups in total. The molecule has 1 atom stereocenters. The fourth-order valence-electron chi connectivity index (χ4n) is 2.38. The molecule has 3 aromatic rings. The molecule has 146 valence electrons. The standard InChI is InChI=1S/C18H15ClN2O6S/c1-10(17(22)21-13-3-2-4-14(9-13)28(20,24)25)26-18(23)16-8-11-7-12(19)5-6-15(11)27-16/h2-10H,1H3,(H,21,22)(H2,20,24,25). The van der Waals surface area contributed by atoms with Crippen molar-refractivity contribution in [2.75, 3.05) is 5.32 Å². The second kappa shape index (κ2) is 7.63. The number of anilines is 1. The number of nitrogens with two attached hydrogens (primary N) is 1. The van der Waals surface area contributed by atoms with E-state index in [1.165, 1.54) is 37.3 Å². The van der Waals surface area contributed by atoms with Gasteiger partial charge in [-0.2, -0.15) is 0 Å². The number of furan rings is 1. The minimum absolute atomic E-state index is 0.0758. The lowest BCUT2D eigenvalue weighted by molar-refractivity contribution is -0.123. The highest BCUT2D eigenvalue weighted by Crippen LogP contribution is 2.24. The van der Waals surface area contributed by atoms with Crippen LogP contribution in [-0.2, 0) is 19.6 Å². The van der Waals surface area contributed by atoms with E-state index in [-0.39, 0.29) is 16.3 Å². The normalized spacial score (nSPS) is 12.5. The number of primary sulfonamides is 1. The quantitative estimate of drug-likeness (QED) is 0.608. The maximum absolute atomic E-state index is 12.2. The van der Waals surface area contributed by atoms with Gasteiger partial charge in [0.05, 0.1) is 4.90 Å². The molecule has 0 aliphatic heterocycles. The highest BCUT2D eigenvalue weighted by molar-refractivity contribution is 7.89. The highest BCUT2D eigenvalue weighted by Gasteiger charge is 2.22. The van der Waals surface area contributed by atoms with Crippen molar-refractivity contribution in [3.63, 3.8) is 0 Å². The Hall–Kier alpha value is -2.88. The van der Waals surface area contributed by atoms with Crippen molar-refractivity contribution >= 4 is 50.2 Å². The Kier molecular flexibility index (Phi) is 5.41. The first kappa shape index (κ1) is 19.9. The van der Waals surface area contributed by atoms with Gasteiger partial charge >= 0.3 is 5.97 Å². The number of fused-ring (bicyclic) bond motifs is 1. The molecule has 0 spiro atoms. The maximum atomic E-state index is 12.2. The number of ether oxygens (including phenoxy) is 1. The molecule has 0 aliphatic rings. The summed E-state index contributed by atoms with van der Waals surface area (Å²) in [6, 6.07) is 11.7. The molecule has 0 bridgehead atoms. The molecule has 1 aromatic heterocycles. The first-order valence-corrected chi connectivity index (χ1v) is 9.90. The summed E-state index contributed by atoms with van der Waals surface area (Å²) in [6.45, 7) is 1.37. The van der Waals surface area contributed by atoms with Gasteiger partial charge < -0.3 is 14.5 Å². The second-order valence-electron chi connectivity index (χ2n) is 5.90. The van der Waals surface area contributed by atoms with Crippen molar-refractivity contribution in [1.29, 1.82) is 0 Å². The van der Waals surface area contributed by atoms with Crippen LogP contribution >= 0.6 is 11.6 Å². The number of carbonyl (C=O) groups excluding carboxylic acids is 2. The van der Waals surface area contributed by atoms with Gasteiger partial charge in [0.1, 0.15) is 5.58 Å². The van der Waals surface area contributed by atoms with Crippen LogP contribution in [0.25, 0.3) is 11.0 Å². The van der Waals surface area contributed by atoms with Crippen molar-refractivity contribution in [2.45, 2.75) is 17.9 Å². The summed E-state index contributed by atoms with van der Waals surface area (Å²) in [5.41, 5.74) is 0.645. The van der Waals surface area contributed by atoms with Crippen LogP contribution in [0.1, 0.15) is 17.5 Å². The van der Waals surface area contributed by atoms with Crippen molar-refractivity contribution in [1.82, 2.24) is 0 Å². The SMILES string of the molecule is CC(OC(=O)c1cc2cc(Cl)ccc2o1)C(=O)Nc1cccc(S(N)(=O)=O)c1. The molecular formula is C18H15ClN2O6S. The summed E-state index contributed by atoms with van der Waals surface area (Å²) in [6.07, 6.45) is -1.16. The fourth-order valence-corrected chi connectivity index (χ4v) is 3.12. The minimum Gasteiger partial charge on any atom is -0.449 e. The van der Waals surface area contributed by atoms with E-state index in [9.17, 15) is 18.0 Å². The molecule has 0 fully saturated rings. The number of benzene rings is 2. The average Bonchev–Trinajstić information content (AvgIpc) is 3.04. The third-order valence-electron chi connectivity index (χ3n) is 3.76. The molecule has 10 heteroatoms. The summed E-state index contributed by atoms with van der Waals surface area (Å²) in [7, 11) is -3.91. The number of amides is 1. The summed E-state index contributed by atoms with van der Waals surface area (Å²) < 4.78 is 33.3. The van der Waals surface area contributed by atoms with Crippen LogP contribution in [-0.4, -0.2) is 26.4 Å². The number of rotatable bonds is 5. The van der Waals surface area contributed by atoms with Crippen LogP contribution in [0.15, 0.2) is 57.8 Å². The molecule has 1 heterocycles. The average molecular weight is 423 g/mol. The Balaban J connectivity index is 1.68. The molecule has 0 radical (unpaired) electrons. The van der Waals surface area contributed by atoms with Gasteiger partial charge in [-0.05, 0) is 49.4 Å². The van der Waals surface area contributed by atoms with Gasteiger partial charge in [0.15, 0.2) is 6.10 Å². The molecule has 0 saturated heterocycles. The van der Waals surface area contributed by atoms with E-state index in [1.807, 2.05) is 0 Å². The van der Waals surface area contributed by atoms with E-state index in [4.69, 9.17) is 25.9 Å². The van der Waals surface area contributed by atoms with Crippen molar-refractivity contribution < 1.29 is 27.2 Å². The summed E-state index contributed by atoms with van der Waals surface area (Å²) in [5, 5.41) is 8.63. The third kappa shape index (κ3) is 4.50. The number of sulfonamides is 1. The van der Waals surface area contributed by atoms with Crippen molar-refractivity contribution in [3.8, 4) is 0 Å². The van der Waals surface area contributed by atoms with E-state index in [0.29, 0.717) is 16.0 Å². The molecule has 2 aromatic carbocycles. The lowest BCUT2D eigenvalue weighted by Gasteiger charge is -2.13. The van der Waals surface area contributed by atoms with Crippen LogP contribution in [0.2, 0.25) is 5.02 Å². The van der Waals surface area contributed by atoms with Gasteiger partial charge in [0.25, 0.3) is 5.91 Å². The van der Waals surface area contributed by atoms with Crippen LogP contribution in [0.3, 0.4) is 0 Å². The predicted molar refractivity (Wildman–Crippen MR) is 103 cm³/mol. The zero-order valence-corrected chi connectivity index (χ0v) is 16.1. The Labute approximate surface area is 165 Å². The lowest BCUT2D eigenvalue weighted by atomic mass is 10.2. The van der Waals surface area contributed by atoms with Gasteiger partial charge in [-0.15, -0.1) is 0 Å². The van der Waals surface area contributed by atoms with Crippen molar-refractivity contribution in [3.05, 3.63) is 59.3 Å². The van der Waals surface area contributed by atoms with Crippen LogP contribution < -0.4 is 10.5 Å². The first-order chi connectivity index (χ1) is 13.1. The minimum atomic E-state index is -3.91. The van der Waals surface area contributed by atoms with Gasteiger partial charge in [-0.1, -0.05) is 17.7 Å². The molecular weight excluding hydrogens is 408 g/mol. The molecule has 1 amide bonds. The highest BCUT2D eigenvalue weighted by atomic mass is 35.5. The number of hydrogen-bond donors (Lipinski definition) is 2. The van der Waals surface area contributed by atoms with Gasteiger partial charge in [-0.3, -0.25) is 4.79 Å². The number of hydrogen-bond acceptors (Lipinski definition) is 6. The van der Waals surface area contributed by atoms with Crippen LogP contribution in [0.5, 0.6) is 0 Å². The summed E-state index contributed by atoms with van der Waals surface area (Å²) in [5.74, 6) is -1.56. The van der Waals surface area contributed by atoms with Crippen molar-refractivity contribution in [2.24, 2.45) is 5.14 Å². The first-order valence-electron chi connectivity index (χ1n) is 7.97. The molecule has 28 heavy (non-hydrogen) atoms. The van der Waals surface area contributed by atoms with E-state index in [0.717, 1.165) is 0 Å². The second-order valence-corrected chi connectivity index (χ2v) is 7.90. The zero-order chi connectivity index (χ0) is 20.5. The Morgan fingerprint density at radius 2 is 1.93 bits per heavy atom. The Morgan fingerprint density at radius 3 is 2.64 bits per heavy atom. The molecule has 0 saturated carbocycles. The largest absolute Gasteiger partial charge is 0.449 e. The Morgan fingerprint density at radius 1 is 1.18 bits per heavy atom. The molecule has 3 rings (SSSR count). The summed E-state index contributed by atoms with van der Waals surface area (Å²) >= 11 is 5.89. The topological polar surface area (TPSA) is 129 Å². The van der Waals surface area contributed by atoms with Gasteiger partial charge in [0, 0.05) is 16.1 Å². The van der Waals surface area contributed by atoms with E-state index >= 15 is 0 Å². The van der Waals surface area contributed by atoms with E-state index < -0.39 is 28.0 Å². The third-order valence-corrected chi connectivity index (χ3v) is 4.91. The van der Waals surface area contributed by atoms with E-state index in [1.54, 1.807) is 18.2 Å². The van der Waals surface area contributed by atoms with Crippen LogP contribution in [0, 0.1) is 0 Å². The Bertz CT molecular complexity index is 1170. The van der Waals surface area contributed by atoms with Gasteiger partial charge in [-0.25, -0.2) is 18.4 Å². The number of esters is 1. The summed E-state index contributed by atoms with van der Waals surface area (Å²) in [4.78, 5) is 24.3. The zero-order valence-electron chi connectivity index (χ0n) is 14.5. The lowest BCUT2D eigenvalue weighted by Crippen LogP contribution is -2.30. The smallest absolute Gasteiger partial charge is 0.375 e. The monoisotopic (exact) mass is 422 g/mol. The molecule has 0 aliphatic carbocycles. The van der Waals surface area contributed by atoms with E-state index in [2.05, 4.69) is 5.32 Å². The molecule has 8 nitrogen and oxygen atoms in total. The number of carbonyl (C=O) groups is 2. The molecule has 1 unspecified atom stereocenters. The number of halogens is 1. The van der Waals surface area contributed by atoms with Gasteiger partial charge in [0.2, 0.25) is 15.8 Å². The maximum Gasteiger partial charge on any atom is 0.375 e. The predicted octanol–water partition coefficient (Wildman–Crippen LogP) is 2.92.